The van der Waals surface area contributed by atoms with Gasteiger partial charge in [-0.2, -0.15) is 0 Å². The van der Waals surface area contributed by atoms with Crippen molar-refractivity contribution in [2.45, 2.75) is 4.90 Å². The molecule has 0 radical (unpaired) electrons. The van der Waals surface area contributed by atoms with Crippen LogP contribution in [0.3, 0.4) is 0 Å². The van der Waals surface area contributed by atoms with Gasteiger partial charge in [0.2, 0.25) is 0 Å². The highest BCUT2D eigenvalue weighted by molar-refractivity contribution is 7.99. The molecule has 0 bridgehead atoms. The normalized spacial score (nSPS) is 10.1. The van der Waals surface area contributed by atoms with Crippen molar-refractivity contribution in [1.82, 2.24) is 0 Å². The molecule has 2 rings (SSSR count). The molecule has 0 aliphatic carbocycles. The molecule has 0 aliphatic heterocycles. The third-order valence-corrected chi connectivity index (χ3v) is 3.21. The zero-order chi connectivity index (χ0) is 11.2. The first-order chi connectivity index (χ1) is 7.84. The smallest absolute Gasteiger partial charge is 0.0657 e. The Labute approximate surface area is 105 Å². The van der Waals surface area contributed by atoms with Crippen LogP contribution < -0.4 is 5.32 Å². The van der Waals surface area contributed by atoms with Crippen LogP contribution >= 0.6 is 23.4 Å². The van der Waals surface area contributed by atoms with Crippen molar-refractivity contribution < 1.29 is 0 Å². The summed E-state index contributed by atoms with van der Waals surface area (Å²) in [6, 6.07) is 18.1. The number of rotatable bonds is 4. The molecular weight excluding hydrogens is 238 g/mol. The molecule has 0 saturated carbocycles. The van der Waals surface area contributed by atoms with Crippen LogP contribution in [0.2, 0.25) is 5.02 Å². The highest BCUT2D eigenvalue weighted by Gasteiger charge is 1.94. The van der Waals surface area contributed by atoms with E-state index in [2.05, 4.69) is 17.4 Å². The van der Waals surface area contributed by atoms with Crippen molar-refractivity contribution in [3.8, 4) is 0 Å². The van der Waals surface area contributed by atoms with Crippen LogP contribution in [0, 0.1) is 0 Å². The van der Waals surface area contributed by atoms with Crippen molar-refractivity contribution in [3.05, 3.63) is 59.6 Å². The Bertz CT molecular complexity index is 445. The predicted octanol–water partition coefficient (Wildman–Crippen LogP) is 4.50. The lowest BCUT2D eigenvalue weighted by Gasteiger charge is -2.06. The zero-order valence-electron chi connectivity index (χ0n) is 8.69. The molecule has 2 aromatic rings. The first kappa shape index (κ1) is 11.4. The number of hydrogen-bond donors (Lipinski definition) is 1. The summed E-state index contributed by atoms with van der Waals surface area (Å²) < 4.78 is 0. The first-order valence-electron chi connectivity index (χ1n) is 5.02. The second kappa shape index (κ2) is 5.83. The SMILES string of the molecule is Clc1cccc(NCSc2ccccc2)c1. The van der Waals surface area contributed by atoms with Crippen LogP contribution in [-0.4, -0.2) is 5.88 Å². The third-order valence-electron chi connectivity index (χ3n) is 2.08. The second-order valence-corrected chi connectivity index (χ2v) is 4.77. The van der Waals surface area contributed by atoms with Gasteiger partial charge < -0.3 is 5.32 Å². The van der Waals surface area contributed by atoms with Gasteiger partial charge in [-0.3, -0.25) is 0 Å². The minimum Gasteiger partial charge on any atom is -0.376 e. The molecule has 0 aromatic heterocycles. The van der Waals surface area contributed by atoms with Gasteiger partial charge >= 0.3 is 0 Å². The molecular formula is C13H12ClNS. The summed E-state index contributed by atoms with van der Waals surface area (Å²) in [6.45, 7) is 0. The molecule has 0 fully saturated rings. The summed E-state index contributed by atoms with van der Waals surface area (Å²) in [7, 11) is 0. The Morgan fingerprint density at radius 3 is 2.56 bits per heavy atom. The third kappa shape index (κ3) is 3.47. The lowest BCUT2D eigenvalue weighted by Crippen LogP contribution is -1.96. The number of nitrogens with one attached hydrogen (secondary N) is 1. The van der Waals surface area contributed by atoms with Crippen molar-refractivity contribution in [2.24, 2.45) is 0 Å². The van der Waals surface area contributed by atoms with E-state index in [1.807, 2.05) is 42.5 Å². The maximum atomic E-state index is 5.89. The first-order valence-corrected chi connectivity index (χ1v) is 6.38. The Morgan fingerprint density at radius 2 is 1.81 bits per heavy atom. The van der Waals surface area contributed by atoms with Gasteiger partial charge in [-0.1, -0.05) is 35.9 Å². The Hall–Kier alpha value is -1.12. The minimum atomic E-state index is 0.759. The minimum absolute atomic E-state index is 0.759. The van der Waals surface area contributed by atoms with E-state index < -0.39 is 0 Å². The maximum Gasteiger partial charge on any atom is 0.0657 e. The van der Waals surface area contributed by atoms with Gasteiger partial charge in [-0.05, 0) is 30.3 Å². The Balaban J connectivity index is 1.85. The van der Waals surface area contributed by atoms with Gasteiger partial charge in [0.05, 0.1) is 5.88 Å². The van der Waals surface area contributed by atoms with E-state index in [9.17, 15) is 0 Å². The van der Waals surface area contributed by atoms with Gasteiger partial charge in [0.15, 0.2) is 0 Å². The van der Waals surface area contributed by atoms with Crippen molar-refractivity contribution in [2.75, 3.05) is 11.2 Å². The highest BCUT2D eigenvalue weighted by atomic mass is 35.5. The van der Waals surface area contributed by atoms with Crippen LogP contribution in [0.1, 0.15) is 0 Å². The van der Waals surface area contributed by atoms with Gasteiger partial charge in [-0.15, -0.1) is 11.8 Å². The second-order valence-electron chi connectivity index (χ2n) is 3.29. The van der Waals surface area contributed by atoms with E-state index in [0.717, 1.165) is 16.6 Å². The van der Waals surface area contributed by atoms with E-state index in [1.54, 1.807) is 11.8 Å². The molecule has 82 valence electrons. The van der Waals surface area contributed by atoms with Crippen LogP contribution in [-0.2, 0) is 0 Å². The van der Waals surface area contributed by atoms with Gasteiger partial charge in [0, 0.05) is 15.6 Å². The number of benzene rings is 2. The molecule has 1 N–H and O–H groups in total. The molecule has 0 heterocycles. The van der Waals surface area contributed by atoms with E-state index in [0.29, 0.717) is 0 Å². The summed E-state index contributed by atoms with van der Waals surface area (Å²) >= 11 is 7.66. The van der Waals surface area contributed by atoms with Crippen molar-refractivity contribution >= 4 is 29.1 Å². The molecule has 0 aliphatic rings. The predicted molar refractivity (Wildman–Crippen MR) is 72.2 cm³/mol. The summed E-state index contributed by atoms with van der Waals surface area (Å²) in [5, 5.41) is 4.07. The largest absolute Gasteiger partial charge is 0.376 e. The number of hydrogen-bond acceptors (Lipinski definition) is 2. The average Bonchev–Trinajstić information content (AvgIpc) is 2.30. The van der Waals surface area contributed by atoms with Gasteiger partial charge in [0.25, 0.3) is 0 Å². The molecule has 1 nitrogen and oxygen atoms in total. The lowest BCUT2D eigenvalue weighted by atomic mass is 10.3. The fourth-order valence-electron chi connectivity index (χ4n) is 1.32. The van der Waals surface area contributed by atoms with Crippen LogP contribution in [0.4, 0.5) is 5.69 Å². The molecule has 3 heteroatoms. The fourth-order valence-corrected chi connectivity index (χ4v) is 2.26. The standard InChI is InChI=1S/C13H12ClNS/c14-11-5-4-6-12(9-11)15-10-16-13-7-2-1-3-8-13/h1-9,15H,10H2. The topological polar surface area (TPSA) is 12.0 Å². The lowest BCUT2D eigenvalue weighted by molar-refractivity contribution is 1.41. The molecule has 0 saturated heterocycles. The Morgan fingerprint density at radius 1 is 1.00 bits per heavy atom. The molecule has 0 amide bonds. The van der Waals surface area contributed by atoms with Gasteiger partial charge in [0.1, 0.15) is 0 Å². The summed E-state index contributed by atoms with van der Waals surface area (Å²) in [6.07, 6.45) is 0. The number of halogens is 1. The molecule has 0 spiro atoms. The van der Waals surface area contributed by atoms with Crippen molar-refractivity contribution in [1.29, 1.82) is 0 Å². The molecule has 0 atom stereocenters. The van der Waals surface area contributed by atoms with Gasteiger partial charge in [-0.25, -0.2) is 0 Å². The van der Waals surface area contributed by atoms with E-state index in [1.165, 1.54) is 4.90 Å². The fraction of sp³-hybridized carbons (Fsp3) is 0.0769. The Kier molecular flexibility index (Phi) is 4.14. The highest BCUT2D eigenvalue weighted by Crippen LogP contribution is 2.19. The molecule has 0 unspecified atom stereocenters. The van der Waals surface area contributed by atoms with E-state index in [-0.39, 0.29) is 0 Å². The van der Waals surface area contributed by atoms with E-state index in [4.69, 9.17) is 11.6 Å². The van der Waals surface area contributed by atoms with Crippen LogP contribution in [0.5, 0.6) is 0 Å². The molecule has 16 heavy (non-hydrogen) atoms. The zero-order valence-corrected chi connectivity index (χ0v) is 10.3. The number of anilines is 1. The number of thioether (sulfide) groups is 1. The molecule has 2 aromatic carbocycles. The average molecular weight is 250 g/mol. The van der Waals surface area contributed by atoms with Crippen LogP contribution in [0.25, 0.3) is 0 Å². The summed E-state index contributed by atoms with van der Waals surface area (Å²) in [4.78, 5) is 1.26. The monoisotopic (exact) mass is 249 g/mol. The quantitative estimate of drug-likeness (QED) is 0.632. The summed E-state index contributed by atoms with van der Waals surface area (Å²) in [5.41, 5.74) is 1.05. The summed E-state index contributed by atoms with van der Waals surface area (Å²) in [5.74, 6) is 0.838. The van der Waals surface area contributed by atoms with Crippen LogP contribution in [0.15, 0.2) is 59.5 Å². The van der Waals surface area contributed by atoms with E-state index >= 15 is 0 Å². The van der Waals surface area contributed by atoms with Crippen molar-refractivity contribution in [3.63, 3.8) is 0 Å². The maximum absolute atomic E-state index is 5.89.